The maximum absolute atomic E-state index is 5.78. The minimum atomic E-state index is 0.587. The van der Waals surface area contributed by atoms with Gasteiger partial charge in [-0.3, -0.25) is 0 Å². The monoisotopic (exact) mass is 281 g/mol. The Balaban J connectivity index is 2.41. The molecule has 0 radical (unpaired) electrons. The van der Waals surface area contributed by atoms with Crippen LogP contribution in [0.1, 0.15) is 33.1 Å². The number of rotatable bonds is 10. The van der Waals surface area contributed by atoms with Crippen LogP contribution in [0.5, 0.6) is 17.2 Å². The lowest BCUT2D eigenvalue weighted by atomic mass is 10.1. The van der Waals surface area contributed by atoms with E-state index in [2.05, 4.69) is 19.2 Å². The molecule has 0 saturated heterocycles. The summed E-state index contributed by atoms with van der Waals surface area (Å²) in [5.41, 5.74) is 0. The molecule has 4 nitrogen and oxygen atoms in total. The number of hydrogen-bond acceptors (Lipinski definition) is 4. The van der Waals surface area contributed by atoms with Crippen LogP contribution >= 0.6 is 0 Å². The molecule has 0 heterocycles. The van der Waals surface area contributed by atoms with Crippen LogP contribution in [0.3, 0.4) is 0 Å². The summed E-state index contributed by atoms with van der Waals surface area (Å²) in [4.78, 5) is 0. The van der Waals surface area contributed by atoms with Crippen LogP contribution in [0.4, 0.5) is 0 Å². The molecule has 1 aromatic carbocycles. The van der Waals surface area contributed by atoms with Gasteiger partial charge in [0.25, 0.3) is 0 Å². The summed E-state index contributed by atoms with van der Waals surface area (Å²) in [7, 11) is 3.28. The van der Waals surface area contributed by atoms with Crippen LogP contribution in [-0.2, 0) is 0 Å². The highest BCUT2D eigenvalue weighted by Crippen LogP contribution is 2.27. The lowest BCUT2D eigenvalue weighted by Gasteiger charge is -2.16. The lowest BCUT2D eigenvalue weighted by Crippen LogP contribution is -2.28. The van der Waals surface area contributed by atoms with Crippen LogP contribution < -0.4 is 19.5 Å². The van der Waals surface area contributed by atoms with Crippen molar-refractivity contribution in [2.75, 3.05) is 27.4 Å². The Labute approximate surface area is 122 Å². The van der Waals surface area contributed by atoms with E-state index in [-0.39, 0.29) is 0 Å². The zero-order valence-corrected chi connectivity index (χ0v) is 13.1. The number of hydrogen-bond donors (Lipinski definition) is 1. The Morgan fingerprint density at radius 3 is 2.10 bits per heavy atom. The molecule has 1 N–H and O–H groups in total. The van der Waals surface area contributed by atoms with Gasteiger partial charge in [0.1, 0.15) is 17.2 Å². The predicted molar refractivity (Wildman–Crippen MR) is 82.0 cm³/mol. The first-order chi connectivity index (χ1) is 9.73. The van der Waals surface area contributed by atoms with E-state index >= 15 is 0 Å². The van der Waals surface area contributed by atoms with Crippen molar-refractivity contribution in [3.63, 3.8) is 0 Å². The molecule has 0 aromatic heterocycles. The summed E-state index contributed by atoms with van der Waals surface area (Å²) in [6.45, 7) is 6.08. The normalized spacial score (nSPS) is 12.0. The van der Waals surface area contributed by atoms with E-state index in [1.54, 1.807) is 14.2 Å². The topological polar surface area (TPSA) is 39.7 Å². The quantitative estimate of drug-likeness (QED) is 0.668. The van der Waals surface area contributed by atoms with Crippen molar-refractivity contribution >= 4 is 0 Å². The predicted octanol–water partition coefficient (Wildman–Crippen LogP) is 3.25. The van der Waals surface area contributed by atoms with Gasteiger partial charge in [-0.15, -0.1) is 0 Å². The highest BCUT2D eigenvalue weighted by atomic mass is 16.5. The van der Waals surface area contributed by atoms with E-state index in [4.69, 9.17) is 14.2 Å². The van der Waals surface area contributed by atoms with Gasteiger partial charge in [-0.05, 0) is 25.8 Å². The second-order valence-corrected chi connectivity index (χ2v) is 4.70. The number of ether oxygens (including phenoxy) is 3. The maximum Gasteiger partial charge on any atom is 0.126 e. The van der Waals surface area contributed by atoms with Gasteiger partial charge in [0, 0.05) is 24.2 Å². The van der Waals surface area contributed by atoms with E-state index in [0.717, 1.165) is 43.1 Å². The molecule has 0 aliphatic carbocycles. The smallest absolute Gasteiger partial charge is 0.126 e. The summed E-state index contributed by atoms with van der Waals surface area (Å²) in [6, 6.07) is 6.18. The Morgan fingerprint density at radius 1 is 1.00 bits per heavy atom. The van der Waals surface area contributed by atoms with E-state index < -0.39 is 0 Å². The first kappa shape index (κ1) is 16.6. The van der Waals surface area contributed by atoms with Crippen LogP contribution in [0.2, 0.25) is 0 Å². The Bertz CT molecular complexity index is 360. The molecule has 1 aromatic rings. The average molecular weight is 281 g/mol. The third-order valence-electron chi connectivity index (χ3n) is 3.28. The molecule has 114 valence electrons. The van der Waals surface area contributed by atoms with Gasteiger partial charge in [0.05, 0.1) is 20.8 Å². The van der Waals surface area contributed by atoms with Gasteiger partial charge in [0.15, 0.2) is 0 Å². The van der Waals surface area contributed by atoms with E-state index in [1.807, 2.05) is 18.2 Å². The number of methoxy groups -OCH3 is 2. The highest BCUT2D eigenvalue weighted by molar-refractivity contribution is 5.41. The molecular formula is C16H27NO3. The fraction of sp³-hybridized carbons (Fsp3) is 0.625. The van der Waals surface area contributed by atoms with Crippen molar-refractivity contribution in [1.29, 1.82) is 0 Å². The van der Waals surface area contributed by atoms with Crippen molar-refractivity contribution in [2.24, 2.45) is 0 Å². The zero-order chi connectivity index (χ0) is 14.8. The maximum atomic E-state index is 5.78. The summed E-state index contributed by atoms with van der Waals surface area (Å²) in [5, 5.41) is 3.47. The molecule has 0 aliphatic heterocycles. The fourth-order valence-corrected chi connectivity index (χ4v) is 2.12. The molecule has 1 rings (SSSR count). The SMILES string of the molecule is CCNC(CC)CCCOc1cc(OC)cc(OC)c1. The number of nitrogens with one attached hydrogen (secondary N) is 1. The van der Waals surface area contributed by atoms with E-state index in [0.29, 0.717) is 12.6 Å². The third-order valence-corrected chi connectivity index (χ3v) is 3.28. The van der Waals surface area contributed by atoms with Gasteiger partial charge < -0.3 is 19.5 Å². The summed E-state index contributed by atoms with van der Waals surface area (Å²) in [5.74, 6) is 2.29. The number of benzene rings is 1. The van der Waals surface area contributed by atoms with Crippen molar-refractivity contribution in [1.82, 2.24) is 5.32 Å². The highest BCUT2D eigenvalue weighted by Gasteiger charge is 2.05. The van der Waals surface area contributed by atoms with Crippen molar-refractivity contribution in [3.8, 4) is 17.2 Å². The van der Waals surface area contributed by atoms with Gasteiger partial charge >= 0.3 is 0 Å². The third kappa shape index (κ3) is 5.70. The Kier molecular flexibility index (Phi) is 7.88. The molecule has 0 bridgehead atoms. The summed E-state index contributed by atoms with van der Waals surface area (Å²) in [6.07, 6.45) is 3.32. The fourth-order valence-electron chi connectivity index (χ4n) is 2.12. The van der Waals surface area contributed by atoms with Crippen LogP contribution in [-0.4, -0.2) is 33.4 Å². The Morgan fingerprint density at radius 2 is 1.60 bits per heavy atom. The van der Waals surface area contributed by atoms with Crippen LogP contribution in [0.15, 0.2) is 18.2 Å². The average Bonchev–Trinajstić information content (AvgIpc) is 2.49. The largest absolute Gasteiger partial charge is 0.496 e. The van der Waals surface area contributed by atoms with Crippen molar-refractivity contribution < 1.29 is 14.2 Å². The first-order valence-electron chi connectivity index (χ1n) is 7.32. The zero-order valence-electron chi connectivity index (χ0n) is 13.1. The van der Waals surface area contributed by atoms with Gasteiger partial charge in [-0.1, -0.05) is 13.8 Å². The molecular weight excluding hydrogens is 254 g/mol. The molecule has 0 fully saturated rings. The summed E-state index contributed by atoms with van der Waals surface area (Å²) >= 11 is 0. The minimum absolute atomic E-state index is 0.587. The standard InChI is InChI=1S/C16H27NO3/c1-5-13(17-6-2)8-7-9-20-16-11-14(18-3)10-15(12-16)19-4/h10-13,17H,5-9H2,1-4H3. The van der Waals surface area contributed by atoms with E-state index in [9.17, 15) is 0 Å². The second kappa shape index (κ2) is 9.48. The van der Waals surface area contributed by atoms with Crippen molar-refractivity contribution in [2.45, 2.75) is 39.2 Å². The van der Waals surface area contributed by atoms with Crippen LogP contribution in [0, 0.1) is 0 Å². The lowest BCUT2D eigenvalue weighted by molar-refractivity contribution is 0.290. The molecule has 0 spiro atoms. The van der Waals surface area contributed by atoms with Crippen LogP contribution in [0.25, 0.3) is 0 Å². The molecule has 1 atom stereocenters. The second-order valence-electron chi connectivity index (χ2n) is 4.70. The van der Waals surface area contributed by atoms with Crippen molar-refractivity contribution in [3.05, 3.63) is 18.2 Å². The summed E-state index contributed by atoms with van der Waals surface area (Å²) < 4.78 is 16.2. The van der Waals surface area contributed by atoms with Gasteiger partial charge in [-0.25, -0.2) is 0 Å². The molecule has 0 amide bonds. The molecule has 20 heavy (non-hydrogen) atoms. The molecule has 0 aliphatic rings. The first-order valence-corrected chi connectivity index (χ1v) is 7.32. The molecule has 4 heteroatoms. The van der Waals surface area contributed by atoms with E-state index in [1.165, 1.54) is 0 Å². The molecule has 0 saturated carbocycles. The van der Waals surface area contributed by atoms with Gasteiger partial charge in [-0.2, -0.15) is 0 Å². The minimum Gasteiger partial charge on any atom is -0.496 e. The molecule has 1 unspecified atom stereocenters. The Hall–Kier alpha value is -1.42. The van der Waals surface area contributed by atoms with Gasteiger partial charge in [0.2, 0.25) is 0 Å².